The summed E-state index contributed by atoms with van der Waals surface area (Å²) in [7, 11) is 1.63. The Bertz CT molecular complexity index is 981. The van der Waals surface area contributed by atoms with E-state index >= 15 is 0 Å². The SMILES string of the molecule is Cc1cn[nH]c1[C@@H]1CCN(C(=O)c2ccc3oc(=O)n(C)c3c2)C1. The fraction of sp³-hybridized carbons (Fsp3) is 0.353. The zero-order chi connectivity index (χ0) is 16.8. The number of benzene rings is 1. The number of nitrogens with one attached hydrogen (secondary N) is 1. The van der Waals surface area contributed by atoms with Crippen LogP contribution in [0.25, 0.3) is 11.1 Å². The van der Waals surface area contributed by atoms with Crippen molar-refractivity contribution in [2.45, 2.75) is 19.3 Å². The van der Waals surface area contributed by atoms with Gasteiger partial charge in [-0.15, -0.1) is 0 Å². The van der Waals surface area contributed by atoms with E-state index in [1.54, 1.807) is 25.2 Å². The molecule has 124 valence electrons. The first kappa shape index (κ1) is 14.7. The molecule has 24 heavy (non-hydrogen) atoms. The van der Waals surface area contributed by atoms with Gasteiger partial charge < -0.3 is 9.32 Å². The van der Waals surface area contributed by atoms with Crippen molar-refractivity contribution in [3.8, 4) is 0 Å². The molecule has 0 saturated carbocycles. The zero-order valence-electron chi connectivity index (χ0n) is 13.6. The molecule has 2 aromatic heterocycles. The highest BCUT2D eigenvalue weighted by Crippen LogP contribution is 2.29. The van der Waals surface area contributed by atoms with Crippen LogP contribution in [0.5, 0.6) is 0 Å². The normalized spacial score (nSPS) is 17.8. The van der Waals surface area contributed by atoms with E-state index in [0.717, 1.165) is 17.7 Å². The van der Waals surface area contributed by atoms with E-state index in [4.69, 9.17) is 4.42 Å². The van der Waals surface area contributed by atoms with E-state index in [1.165, 1.54) is 4.57 Å². The molecule has 1 saturated heterocycles. The van der Waals surface area contributed by atoms with Crippen molar-refractivity contribution >= 4 is 17.0 Å². The Balaban J connectivity index is 1.59. The number of carbonyl (C=O) groups excluding carboxylic acids is 1. The number of oxazole rings is 1. The van der Waals surface area contributed by atoms with Crippen molar-refractivity contribution in [3.63, 3.8) is 0 Å². The van der Waals surface area contributed by atoms with Gasteiger partial charge in [0.1, 0.15) is 0 Å². The first-order valence-electron chi connectivity index (χ1n) is 7.93. The summed E-state index contributed by atoms with van der Waals surface area (Å²) in [6, 6.07) is 5.11. The Morgan fingerprint density at radius 1 is 1.42 bits per heavy atom. The molecule has 7 heteroatoms. The second-order valence-corrected chi connectivity index (χ2v) is 6.31. The first-order chi connectivity index (χ1) is 11.5. The van der Waals surface area contributed by atoms with Gasteiger partial charge in [-0.2, -0.15) is 5.10 Å². The van der Waals surface area contributed by atoms with Crippen LogP contribution >= 0.6 is 0 Å². The fourth-order valence-electron chi connectivity index (χ4n) is 3.39. The van der Waals surface area contributed by atoms with Crippen molar-refractivity contribution in [1.82, 2.24) is 19.7 Å². The second-order valence-electron chi connectivity index (χ2n) is 6.31. The maximum Gasteiger partial charge on any atom is 0.419 e. The van der Waals surface area contributed by atoms with Crippen molar-refractivity contribution in [3.05, 3.63) is 51.8 Å². The minimum absolute atomic E-state index is 0.0229. The summed E-state index contributed by atoms with van der Waals surface area (Å²) in [5, 5.41) is 7.11. The summed E-state index contributed by atoms with van der Waals surface area (Å²) in [5.41, 5.74) is 3.93. The molecule has 4 rings (SSSR count). The molecule has 0 spiro atoms. The van der Waals surface area contributed by atoms with E-state index in [2.05, 4.69) is 10.2 Å². The largest absolute Gasteiger partial charge is 0.419 e. The van der Waals surface area contributed by atoms with E-state index in [0.29, 0.717) is 35.7 Å². The molecule has 3 heterocycles. The van der Waals surface area contributed by atoms with Crippen molar-refractivity contribution in [2.75, 3.05) is 13.1 Å². The maximum absolute atomic E-state index is 12.8. The number of hydrogen-bond acceptors (Lipinski definition) is 4. The minimum atomic E-state index is -0.425. The lowest BCUT2D eigenvalue weighted by Crippen LogP contribution is -2.28. The third-order valence-corrected chi connectivity index (χ3v) is 4.79. The molecule has 0 unspecified atom stereocenters. The molecule has 1 aliphatic rings. The number of fused-ring (bicyclic) bond motifs is 1. The summed E-state index contributed by atoms with van der Waals surface area (Å²) >= 11 is 0. The van der Waals surface area contributed by atoms with Gasteiger partial charge in [0.05, 0.1) is 11.7 Å². The average Bonchev–Trinajstić information content (AvgIpc) is 3.27. The number of hydrogen-bond donors (Lipinski definition) is 1. The molecular weight excluding hydrogens is 308 g/mol. The van der Waals surface area contributed by atoms with Crippen molar-refractivity contribution in [2.24, 2.45) is 7.05 Å². The summed E-state index contributed by atoms with van der Waals surface area (Å²) in [5.74, 6) is -0.158. The smallest absolute Gasteiger partial charge is 0.408 e. The molecule has 1 atom stereocenters. The molecule has 0 radical (unpaired) electrons. The van der Waals surface area contributed by atoms with Gasteiger partial charge in [0, 0.05) is 37.3 Å². The number of nitrogens with zero attached hydrogens (tertiary/aromatic N) is 3. The highest BCUT2D eigenvalue weighted by molar-refractivity contribution is 5.97. The van der Waals surface area contributed by atoms with E-state index in [-0.39, 0.29) is 5.91 Å². The Morgan fingerprint density at radius 3 is 3.00 bits per heavy atom. The summed E-state index contributed by atoms with van der Waals surface area (Å²) < 4.78 is 6.52. The lowest BCUT2D eigenvalue weighted by Gasteiger charge is -2.16. The molecule has 1 amide bonds. The molecule has 1 aromatic carbocycles. The van der Waals surface area contributed by atoms with Crippen LogP contribution in [0.15, 0.2) is 33.6 Å². The van der Waals surface area contributed by atoms with Crippen LogP contribution < -0.4 is 5.76 Å². The van der Waals surface area contributed by atoms with Gasteiger partial charge in [-0.25, -0.2) is 4.79 Å². The maximum atomic E-state index is 12.8. The number of H-pyrrole nitrogens is 1. The third-order valence-electron chi connectivity index (χ3n) is 4.79. The van der Waals surface area contributed by atoms with Gasteiger partial charge in [-0.3, -0.25) is 14.5 Å². The van der Waals surface area contributed by atoms with Crippen LogP contribution in [0.3, 0.4) is 0 Å². The third kappa shape index (κ3) is 2.24. The quantitative estimate of drug-likeness (QED) is 0.778. The lowest BCUT2D eigenvalue weighted by molar-refractivity contribution is 0.0791. The highest BCUT2D eigenvalue weighted by atomic mass is 16.4. The number of amides is 1. The van der Waals surface area contributed by atoms with E-state index < -0.39 is 5.76 Å². The monoisotopic (exact) mass is 326 g/mol. The number of rotatable bonds is 2. The standard InChI is InChI=1S/C17H18N4O3/c1-10-8-18-19-15(10)12-5-6-21(9-12)16(22)11-3-4-14-13(7-11)20(2)17(23)24-14/h3-4,7-8,12H,5-6,9H2,1-2H3,(H,18,19)/t12-/m1/s1. The number of aromatic nitrogens is 3. The predicted octanol–water partition coefficient (Wildman–Crippen LogP) is 1.79. The van der Waals surface area contributed by atoms with E-state index in [9.17, 15) is 9.59 Å². The first-order valence-corrected chi connectivity index (χ1v) is 7.93. The molecule has 1 N–H and O–H groups in total. The Hall–Kier alpha value is -2.83. The summed E-state index contributed by atoms with van der Waals surface area (Å²) in [6.45, 7) is 3.41. The summed E-state index contributed by atoms with van der Waals surface area (Å²) in [6.07, 6.45) is 2.73. The van der Waals surface area contributed by atoms with Crippen molar-refractivity contribution < 1.29 is 9.21 Å². The van der Waals surface area contributed by atoms with Gasteiger partial charge in [0.25, 0.3) is 5.91 Å². The van der Waals surface area contributed by atoms with Gasteiger partial charge in [0.2, 0.25) is 0 Å². The van der Waals surface area contributed by atoms with E-state index in [1.807, 2.05) is 18.0 Å². The highest BCUT2D eigenvalue weighted by Gasteiger charge is 2.30. The Kier molecular flexibility index (Phi) is 3.30. The average molecular weight is 326 g/mol. The number of carbonyl (C=O) groups is 1. The van der Waals surface area contributed by atoms with Gasteiger partial charge >= 0.3 is 5.76 Å². The van der Waals surface area contributed by atoms with Crippen LogP contribution in [0.4, 0.5) is 0 Å². The topological polar surface area (TPSA) is 84.1 Å². The second kappa shape index (κ2) is 5.36. The molecular formula is C17H18N4O3. The molecule has 0 aliphatic carbocycles. The fourth-order valence-corrected chi connectivity index (χ4v) is 3.39. The Morgan fingerprint density at radius 2 is 2.25 bits per heavy atom. The molecule has 1 fully saturated rings. The van der Waals surface area contributed by atoms with Crippen LogP contribution in [0.2, 0.25) is 0 Å². The lowest BCUT2D eigenvalue weighted by atomic mass is 10.0. The Labute approximate surface area is 137 Å². The van der Waals surface area contributed by atoms with Crippen LogP contribution in [0, 0.1) is 6.92 Å². The van der Waals surface area contributed by atoms with Crippen LogP contribution in [-0.4, -0.2) is 38.7 Å². The van der Waals surface area contributed by atoms with Gasteiger partial charge in [-0.05, 0) is 37.1 Å². The molecule has 0 bridgehead atoms. The molecule has 3 aromatic rings. The summed E-state index contributed by atoms with van der Waals surface area (Å²) in [4.78, 5) is 26.2. The van der Waals surface area contributed by atoms with Crippen LogP contribution in [-0.2, 0) is 7.05 Å². The van der Waals surface area contributed by atoms with Crippen molar-refractivity contribution in [1.29, 1.82) is 0 Å². The van der Waals surface area contributed by atoms with Gasteiger partial charge in [-0.1, -0.05) is 0 Å². The molecule has 7 nitrogen and oxygen atoms in total. The predicted molar refractivity (Wildman–Crippen MR) is 88.0 cm³/mol. The van der Waals surface area contributed by atoms with Gasteiger partial charge in [0.15, 0.2) is 5.58 Å². The number of aryl methyl sites for hydroxylation is 2. The number of aromatic amines is 1. The minimum Gasteiger partial charge on any atom is -0.408 e. The number of likely N-dealkylation sites (tertiary alicyclic amines) is 1. The zero-order valence-corrected chi connectivity index (χ0v) is 13.6. The molecule has 1 aliphatic heterocycles. The van der Waals surface area contributed by atoms with Crippen LogP contribution in [0.1, 0.15) is 34.0 Å².